The standard InChI is InChI=1S/C16H15NOS/c1-16(19-10-15(17)18)13-8-4-2-6-11(13)12-7-3-5-9-14(12)16/h2-9H,10H2,1H3,(H2,17,18). The Balaban J connectivity index is 2.16. The molecule has 3 heteroatoms. The number of fused-ring (bicyclic) bond motifs is 3. The lowest BCUT2D eigenvalue weighted by atomic mass is 9.98. The lowest BCUT2D eigenvalue weighted by molar-refractivity contribution is -0.115. The van der Waals surface area contributed by atoms with Gasteiger partial charge in [0.25, 0.3) is 0 Å². The SMILES string of the molecule is CC1(SCC(N)=O)c2ccccc2-c2ccccc21. The third kappa shape index (κ3) is 1.85. The molecule has 2 aromatic carbocycles. The van der Waals surface area contributed by atoms with E-state index in [1.807, 2.05) is 12.1 Å². The Morgan fingerprint density at radius 1 is 1.05 bits per heavy atom. The molecule has 2 aromatic rings. The van der Waals surface area contributed by atoms with Gasteiger partial charge in [-0.15, -0.1) is 11.8 Å². The summed E-state index contributed by atoms with van der Waals surface area (Å²) in [6.07, 6.45) is 0. The van der Waals surface area contributed by atoms with Crippen molar-refractivity contribution in [2.24, 2.45) is 5.73 Å². The number of amides is 1. The van der Waals surface area contributed by atoms with E-state index in [-0.39, 0.29) is 10.7 Å². The van der Waals surface area contributed by atoms with Crippen LogP contribution in [-0.2, 0) is 9.54 Å². The Bertz CT molecular complexity index is 605. The summed E-state index contributed by atoms with van der Waals surface area (Å²) in [5, 5.41) is 0. The van der Waals surface area contributed by atoms with E-state index in [1.54, 1.807) is 11.8 Å². The molecule has 0 unspecified atom stereocenters. The fourth-order valence-electron chi connectivity index (χ4n) is 2.78. The summed E-state index contributed by atoms with van der Waals surface area (Å²) >= 11 is 1.61. The van der Waals surface area contributed by atoms with Gasteiger partial charge in [0.05, 0.1) is 10.5 Å². The summed E-state index contributed by atoms with van der Waals surface area (Å²) in [6.45, 7) is 2.17. The number of hydrogen-bond acceptors (Lipinski definition) is 2. The summed E-state index contributed by atoms with van der Waals surface area (Å²) in [4.78, 5) is 11.1. The summed E-state index contributed by atoms with van der Waals surface area (Å²) in [5.74, 6) is 0.0622. The van der Waals surface area contributed by atoms with Crippen LogP contribution < -0.4 is 5.73 Å². The lowest BCUT2D eigenvalue weighted by Gasteiger charge is -2.26. The molecule has 1 aliphatic rings. The van der Waals surface area contributed by atoms with Crippen LogP contribution in [0.5, 0.6) is 0 Å². The number of primary amides is 1. The smallest absolute Gasteiger partial charge is 0.227 e. The first-order valence-corrected chi connectivity index (χ1v) is 7.23. The van der Waals surface area contributed by atoms with Gasteiger partial charge in [0.15, 0.2) is 0 Å². The Morgan fingerprint density at radius 3 is 2.00 bits per heavy atom. The average Bonchev–Trinajstić information content (AvgIpc) is 2.69. The van der Waals surface area contributed by atoms with Gasteiger partial charge < -0.3 is 5.73 Å². The van der Waals surface area contributed by atoms with Crippen LogP contribution >= 0.6 is 11.8 Å². The predicted octanol–water partition coefficient (Wildman–Crippen LogP) is 3.15. The molecular formula is C16H15NOS. The molecule has 0 heterocycles. The fraction of sp³-hybridized carbons (Fsp3) is 0.188. The average molecular weight is 269 g/mol. The van der Waals surface area contributed by atoms with Gasteiger partial charge in [0.2, 0.25) is 5.91 Å². The number of hydrogen-bond donors (Lipinski definition) is 1. The van der Waals surface area contributed by atoms with Crippen LogP contribution in [0.1, 0.15) is 18.1 Å². The van der Waals surface area contributed by atoms with E-state index in [0.717, 1.165) is 0 Å². The molecular weight excluding hydrogens is 254 g/mol. The number of carbonyl (C=O) groups is 1. The largest absolute Gasteiger partial charge is 0.369 e. The molecule has 1 amide bonds. The fourth-order valence-corrected chi connectivity index (χ4v) is 3.88. The molecule has 2 nitrogen and oxygen atoms in total. The van der Waals surface area contributed by atoms with Crippen LogP contribution in [0.2, 0.25) is 0 Å². The Morgan fingerprint density at radius 2 is 1.53 bits per heavy atom. The summed E-state index contributed by atoms with van der Waals surface area (Å²) in [5.41, 5.74) is 10.4. The second-order valence-corrected chi connectivity index (χ2v) is 6.27. The zero-order valence-electron chi connectivity index (χ0n) is 10.7. The van der Waals surface area contributed by atoms with E-state index in [2.05, 4.69) is 43.3 Å². The second-order valence-electron chi connectivity index (χ2n) is 4.88. The van der Waals surface area contributed by atoms with Gasteiger partial charge in [-0.1, -0.05) is 48.5 Å². The van der Waals surface area contributed by atoms with Crippen LogP contribution in [-0.4, -0.2) is 11.7 Å². The van der Waals surface area contributed by atoms with Gasteiger partial charge in [0, 0.05) is 0 Å². The second kappa shape index (κ2) is 4.42. The van der Waals surface area contributed by atoms with Crippen LogP contribution in [0.4, 0.5) is 0 Å². The van der Waals surface area contributed by atoms with Gasteiger partial charge in [0.1, 0.15) is 0 Å². The summed E-state index contributed by atoms with van der Waals surface area (Å²) in [7, 11) is 0. The van der Waals surface area contributed by atoms with Crippen LogP contribution in [0.25, 0.3) is 11.1 Å². The molecule has 0 radical (unpaired) electrons. The van der Waals surface area contributed by atoms with E-state index in [1.165, 1.54) is 22.3 Å². The molecule has 0 saturated heterocycles. The first-order chi connectivity index (χ1) is 9.13. The highest BCUT2D eigenvalue weighted by atomic mass is 32.2. The third-order valence-corrected chi connectivity index (χ3v) is 5.12. The van der Waals surface area contributed by atoms with Crippen molar-refractivity contribution in [1.29, 1.82) is 0 Å². The van der Waals surface area contributed by atoms with Gasteiger partial charge in [-0.05, 0) is 29.2 Å². The number of nitrogens with two attached hydrogens (primary N) is 1. The zero-order chi connectivity index (χ0) is 13.5. The monoisotopic (exact) mass is 269 g/mol. The molecule has 0 aliphatic heterocycles. The van der Waals surface area contributed by atoms with E-state index in [0.29, 0.717) is 5.75 Å². The highest BCUT2D eigenvalue weighted by Gasteiger charge is 2.39. The molecule has 3 rings (SSSR count). The maximum Gasteiger partial charge on any atom is 0.227 e. The topological polar surface area (TPSA) is 43.1 Å². The number of thioether (sulfide) groups is 1. The number of carbonyl (C=O) groups excluding carboxylic acids is 1. The van der Waals surface area contributed by atoms with E-state index >= 15 is 0 Å². The first-order valence-electron chi connectivity index (χ1n) is 6.24. The minimum atomic E-state index is -0.270. The molecule has 0 bridgehead atoms. The molecule has 96 valence electrons. The molecule has 0 spiro atoms. The summed E-state index contributed by atoms with van der Waals surface area (Å²) in [6, 6.07) is 16.8. The van der Waals surface area contributed by atoms with Gasteiger partial charge >= 0.3 is 0 Å². The van der Waals surface area contributed by atoms with Gasteiger partial charge in [-0.2, -0.15) is 0 Å². The van der Waals surface area contributed by atoms with Crippen molar-refractivity contribution in [2.75, 3.05) is 5.75 Å². The quantitative estimate of drug-likeness (QED) is 0.930. The molecule has 0 atom stereocenters. The molecule has 0 aromatic heterocycles. The maximum atomic E-state index is 11.1. The van der Waals surface area contributed by atoms with Crippen molar-refractivity contribution < 1.29 is 4.79 Å². The third-order valence-electron chi connectivity index (χ3n) is 3.68. The van der Waals surface area contributed by atoms with Crippen LogP contribution in [0.3, 0.4) is 0 Å². The normalized spacial score (nSPS) is 14.8. The van der Waals surface area contributed by atoms with E-state index < -0.39 is 0 Å². The van der Waals surface area contributed by atoms with E-state index in [9.17, 15) is 4.79 Å². The molecule has 0 saturated carbocycles. The molecule has 19 heavy (non-hydrogen) atoms. The minimum Gasteiger partial charge on any atom is -0.369 e. The van der Waals surface area contributed by atoms with E-state index in [4.69, 9.17) is 5.73 Å². The van der Waals surface area contributed by atoms with Gasteiger partial charge in [-0.25, -0.2) is 0 Å². The predicted molar refractivity (Wildman–Crippen MR) is 80.0 cm³/mol. The van der Waals surface area contributed by atoms with Crippen molar-refractivity contribution >= 4 is 17.7 Å². The van der Waals surface area contributed by atoms with Crippen LogP contribution in [0, 0.1) is 0 Å². The van der Waals surface area contributed by atoms with Crippen molar-refractivity contribution in [2.45, 2.75) is 11.7 Å². The minimum absolute atomic E-state index is 0.192. The first kappa shape index (κ1) is 12.3. The van der Waals surface area contributed by atoms with Crippen LogP contribution in [0.15, 0.2) is 48.5 Å². The lowest BCUT2D eigenvalue weighted by Crippen LogP contribution is -2.22. The van der Waals surface area contributed by atoms with Crippen molar-refractivity contribution in [3.8, 4) is 11.1 Å². The molecule has 2 N–H and O–H groups in total. The number of benzene rings is 2. The summed E-state index contributed by atoms with van der Waals surface area (Å²) < 4.78 is -0.192. The van der Waals surface area contributed by atoms with Crippen molar-refractivity contribution in [3.05, 3.63) is 59.7 Å². The molecule has 1 aliphatic carbocycles. The Hall–Kier alpha value is -1.74. The number of rotatable bonds is 3. The zero-order valence-corrected chi connectivity index (χ0v) is 11.5. The Kier molecular flexibility index (Phi) is 2.86. The van der Waals surface area contributed by atoms with Crippen molar-refractivity contribution in [1.82, 2.24) is 0 Å². The highest BCUT2D eigenvalue weighted by molar-refractivity contribution is 8.01. The van der Waals surface area contributed by atoms with Gasteiger partial charge in [-0.3, -0.25) is 4.79 Å². The van der Waals surface area contributed by atoms with Crippen molar-refractivity contribution in [3.63, 3.8) is 0 Å². The highest BCUT2D eigenvalue weighted by Crippen LogP contribution is 2.54. The Labute approximate surface area is 117 Å². The maximum absolute atomic E-state index is 11.1. The molecule has 0 fully saturated rings.